The van der Waals surface area contributed by atoms with Crippen LogP contribution in [0.3, 0.4) is 0 Å². The Morgan fingerprint density at radius 1 is 1.22 bits per heavy atom. The molecular weight excluding hydrogens is 312 g/mol. The number of anilines is 1. The minimum Gasteiger partial charge on any atom is -0.351 e. The molecule has 4 atom stereocenters. The van der Waals surface area contributed by atoms with E-state index in [0.29, 0.717) is 11.6 Å². The molecule has 2 fully saturated rings. The Bertz CT molecular complexity index is 674. The highest BCUT2D eigenvalue weighted by molar-refractivity contribution is 7.92. The molecule has 0 aliphatic heterocycles. The molecule has 0 aromatic heterocycles. The molecule has 0 saturated heterocycles. The molecule has 0 heterocycles. The lowest BCUT2D eigenvalue weighted by Gasteiger charge is -2.30. The maximum absolute atomic E-state index is 12.6. The van der Waals surface area contributed by atoms with Crippen LogP contribution in [0.1, 0.15) is 32.6 Å². The lowest BCUT2D eigenvalue weighted by atomic mass is 9.95. The topological polar surface area (TPSA) is 66.5 Å². The summed E-state index contributed by atoms with van der Waals surface area (Å²) in [7, 11) is -3.53. The Kier molecular flexibility index (Phi) is 4.36. The molecule has 0 spiro atoms. The third-order valence-corrected chi connectivity index (χ3v) is 6.41. The van der Waals surface area contributed by atoms with Crippen LogP contribution < -0.4 is 9.62 Å². The molecule has 6 heteroatoms. The van der Waals surface area contributed by atoms with Crippen molar-refractivity contribution in [2.75, 3.05) is 10.6 Å². The van der Waals surface area contributed by atoms with Gasteiger partial charge >= 0.3 is 0 Å². The summed E-state index contributed by atoms with van der Waals surface area (Å²) < 4.78 is 25.6. The Labute approximate surface area is 138 Å². The molecule has 2 aliphatic carbocycles. The van der Waals surface area contributed by atoms with Crippen LogP contribution in [0.25, 0.3) is 0 Å². The third-order valence-electron chi connectivity index (χ3n) is 5.16. The van der Waals surface area contributed by atoms with Crippen LogP contribution in [0, 0.1) is 11.8 Å². The minimum atomic E-state index is -3.53. The lowest BCUT2D eigenvalue weighted by Crippen LogP contribution is -2.51. The van der Waals surface area contributed by atoms with Crippen LogP contribution in [-0.4, -0.2) is 32.7 Å². The van der Waals surface area contributed by atoms with Gasteiger partial charge in [0.15, 0.2) is 0 Å². The highest BCUT2D eigenvalue weighted by Crippen LogP contribution is 2.44. The first-order chi connectivity index (χ1) is 10.9. The van der Waals surface area contributed by atoms with Crippen LogP contribution in [0.5, 0.6) is 0 Å². The summed E-state index contributed by atoms with van der Waals surface area (Å²) in [6.07, 6.45) is 5.83. The summed E-state index contributed by atoms with van der Waals surface area (Å²) in [4.78, 5) is 12.6. The van der Waals surface area contributed by atoms with Crippen molar-refractivity contribution in [3.63, 3.8) is 0 Å². The Balaban J connectivity index is 1.75. The normalized spacial score (nSPS) is 27.7. The molecule has 23 heavy (non-hydrogen) atoms. The van der Waals surface area contributed by atoms with Gasteiger partial charge in [0.2, 0.25) is 15.9 Å². The number of hydrogen-bond donors (Lipinski definition) is 1. The maximum atomic E-state index is 12.6. The van der Waals surface area contributed by atoms with Crippen molar-refractivity contribution in [1.29, 1.82) is 0 Å². The van der Waals surface area contributed by atoms with Gasteiger partial charge in [-0.3, -0.25) is 9.10 Å². The Morgan fingerprint density at radius 3 is 2.43 bits per heavy atom. The molecule has 0 radical (unpaired) electrons. The molecule has 1 aromatic rings. The fourth-order valence-corrected chi connectivity index (χ4v) is 5.28. The fourth-order valence-electron chi connectivity index (χ4n) is 4.11. The number of nitrogens with one attached hydrogen (secondary N) is 1. The molecule has 1 N–H and O–H groups in total. The van der Waals surface area contributed by atoms with E-state index in [2.05, 4.69) is 5.32 Å². The van der Waals surface area contributed by atoms with E-state index in [0.717, 1.165) is 18.6 Å². The van der Waals surface area contributed by atoms with Gasteiger partial charge in [-0.05, 0) is 50.2 Å². The Morgan fingerprint density at radius 2 is 1.91 bits per heavy atom. The van der Waals surface area contributed by atoms with Crippen molar-refractivity contribution in [2.24, 2.45) is 11.8 Å². The summed E-state index contributed by atoms with van der Waals surface area (Å²) in [6.45, 7) is 1.65. The summed E-state index contributed by atoms with van der Waals surface area (Å²) in [5.41, 5.74) is 0.519. The van der Waals surface area contributed by atoms with E-state index in [9.17, 15) is 13.2 Å². The van der Waals surface area contributed by atoms with Gasteiger partial charge in [0.1, 0.15) is 6.04 Å². The van der Waals surface area contributed by atoms with Crippen molar-refractivity contribution in [1.82, 2.24) is 5.32 Å². The quantitative estimate of drug-likeness (QED) is 0.896. The molecule has 1 amide bonds. The maximum Gasteiger partial charge on any atom is 0.243 e. The summed E-state index contributed by atoms with van der Waals surface area (Å²) in [5.74, 6) is 1.09. The van der Waals surface area contributed by atoms with Gasteiger partial charge in [-0.25, -0.2) is 8.42 Å². The number of sulfonamides is 1. The Hall–Kier alpha value is -1.56. The number of benzene rings is 1. The first-order valence-electron chi connectivity index (χ1n) is 8.21. The van der Waals surface area contributed by atoms with E-state index in [1.165, 1.54) is 23.6 Å². The van der Waals surface area contributed by atoms with Crippen molar-refractivity contribution in [3.05, 3.63) is 30.3 Å². The van der Waals surface area contributed by atoms with Crippen LogP contribution in [-0.2, 0) is 14.8 Å². The predicted molar refractivity (Wildman–Crippen MR) is 90.6 cm³/mol. The van der Waals surface area contributed by atoms with Crippen LogP contribution in [0.15, 0.2) is 30.3 Å². The number of fused-ring (bicyclic) bond motifs is 2. The average molecular weight is 336 g/mol. The van der Waals surface area contributed by atoms with Crippen molar-refractivity contribution >= 4 is 21.6 Å². The molecule has 2 aliphatic rings. The summed E-state index contributed by atoms with van der Waals surface area (Å²) in [5, 5.41) is 3.09. The second-order valence-corrected chi connectivity index (χ2v) is 8.72. The van der Waals surface area contributed by atoms with Gasteiger partial charge in [-0.1, -0.05) is 24.6 Å². The molecule has 0 unspecified atom stereocenters. The number of rotatable bonds is 5. The predicted octanol–water partition coefficient (Wildman–Crippen LogP) is 2.15. The number of amides is 1. The van der Waals surface area contributed by atoms with Crippen LogP contribution in [0.4, 0.5) is 5.69 Å². The van der Waals surface area contributed by atoms with Crippen molar-refractivity contribution < 1.29 is 13.2 Å². The minimum absolute atomic E-state index is 0.209. The number of hydrogen-bond acceptors (Lipinski definition) is 3. The fraction of sp³-hybridized carbons (Fsp3) is 0.588. The number of carbonyl (C=O) groups is 1. The molecule has 3 rings (SSSR count). The molecule has 2 bridgehead atoms. The average Bonchev–Trinajstić information content (AvgIpc) is 3.09. The SMILES string of the molecule is C[C@@H](C(=O)N[C@H]1C[C@@H]2CC[C@@H]1C2)N(c1ccccc1)S(C)(=O)=O. The molecular formula is C17H24N2O3S. The van der Waals surface area contributed by atoms with Crippen molar-refractivity contribution in [3.8, 4) is 0 Å². The third kappa shape index (κ3) is 3.37. The number of carbonyl (C=O) groups excluding carboxylic acids is 1. The first-order valence-corrected chi connectivity index (χ1v) is 10.1. The zero-order chi connectivity index (χ0) is 16.6. The van der Waals surface area contributed by atoms with Gasteiger partial charge in [-0.2, -0.15) is 0 Å². The second-order valence-electron chi connectivity index (χ2n) is 6.86. The molecule has 2 saturated carbocycles. The van der Waals surface area contributed by atoms with Crippen LogP contribution >= 0.6 is 0 Å². The van der Waals surface area contributed by atoms with Gasteiger partial charge in [-0.15, -0.1) is 0 Å². The highest BCUT2D eigenvalue weighted by Gasteiger charge is 2.41. The zero-order valence-electron chi connectivity index (χ0n) is 13.6. The number of para-hydroxylation sites is 1. The molecule has 1 aromatic carbocycles. The first kappa shape index (κ1) is 16.3. The van der Waals surface area contributed by atoms with E-state index < -0.39 is 16.1 Å². The van der Waals surface area contributed by atoms with Gasteiger partial charge in [0, 0.05) is 6.04 Å². The van der Waals surface area contributed by atoms with Crippen LogP contribution in [0.2, 0.25) is 0 Å². The monoisotopic (exact) mass is 336 g/mol. The van der Waals surface area contributed by atoms with Gasteiger partial charge < -0.3 is 5.32 Å². The van der Waals surface area contributed by atoms with Gasteiger partial charge in [0.05, 0.1) is 11.9 Å². The number of nitrogens with zero attached hydrogens (tertiary/aromatic N) is 1. The van der Waals surface area contributed by atoms with E-state index in [1.54, 1.807) is 31.2 Å². The largest absolute Gasteiger partial charge is 0.351 e. The van der Waals surface area contributed by atoms with E-state index in [1.807, 2.05) is 6.07 Å². The second kappa shape index (κ2) is 6.15. The highest BCUT2D eigenvalue weighted by atomic mass is 32.2. The zero-order valence-corrected chi connectivity index (χ0v) is 14.4. The van der Waals surface area contributed by atoms with E-state index in [-0.39, 0.29) is 11.9 Å². The molecule has 126 valence electrons. The standard InChI is InChI=1S/C17H24N2O3S/c1-12(17(20)18-16-11-13-8-9-14(16)10-13)19(23(2,21)22)15-6-4-3-5-7-15/h3-7,12-14,16H,8-11H2,1-2H3,(H,18,20)/t12-,13+,14+,16-/m0/s1. The van der Waals surface area contributed by atoms with Gasteiger partial charge in [0.25, 0.3) is 0 Å². The lowest BCUT2D eigenvalue weighted by molar-refractivity contribution is -0.122. The summed E-state index contributed by atoms with van der Waals surface area (Å²) in [6, 6.07) is 8.24. The van der Waals surface area contributed by atoms with Crippen molar-refractivity contribution in [2.45, 2.75) is 44.7 Å². The van der Waals surface area contributed by atoms with E-state index >= 15 is 0 Å². The molecule has 5 nitrogen and oxygen atoms in total. The van der Waals surface area contributed by atoms with E-state index in [4.69, 9.17) is 0 Å². The summed E-state index contributed by atoms with van der Waals surface area (Å²) >= 11 is 0. The smallest absolute Gasteiger partial charge is 0.243 e.